The second-order valence-electron chi connectivity index (χ2n) is 5.50. The molecule has 2 saturated heterocycles. The van der Waals surface area contributed by atoms with Gasteiger partial charge in [-0.2, -0.15) is 0 Å². The number of ether oxygens (including phenoxy) is 1. The molecule has 3 atom stereocenters. The zero-order valence-electron chi connectivity index (χ0n) is 11.6. The van der Waals surface area contributed by atoms with E-state index in [1.807, 2.05) is 6.92 Å². The number of sulfone groups is 1. The number of aliphatic hydroxyl groups excluding tert-OH is 1. The number of hydrogen-bond acceptors (Lipinski definition) is 6. The van der Waals surface area contributed by atoms with E-state index in [1.165, 1.54) is 0 Å². The number of carbonyl (C=O) groups excluding carboxylic acids is 1. The summed E-state index contributed by atoms with van der Waals surface area (Å²) in [5, 5.41) is 12.2. The van der Waals surface area contributed by atoms with Gasteiger partial charge in [0.05, 0.1) is 36.9 Å². The van der Waals surface area contributed by atoms with Gasteiger partial charge in [-0.05, 0) is 6.92 Å². The Morgan fingerprint density at radius 3 is 2.90 bits per heavy atom. The first-order valence-electron chi connectivity index (χ1n) is 6.87. The molecule has 0 aromatic carbocycles. The molecule has 2 fully saturated rings. The quantitative estimate of drug-likeness (QED) is 0.650. The molecule has 2 aliphatic rings. The third-order valence-corrected chi connectivity index (χ3v) is 5.49. The largest absolute Gasteiger partial charge is 0.394 e. The normalized spacial score (nSPS) is 33.9. The van der Waals surface area contributed by atoms with Crippen molar-refractivity contribution in [1.29, 1.82) is 0 Å². The second kappa shape index (κ2) is 6.38. The van der Waals surface area contributed by atoms with Crippen LogP contribution in [0.4, 0.5) is 0 Å². The minimum atomic E-state index is -3.04. The Morgan fingerprint density at radius 2 is 2.25 bits per heavy atom. The van der Waals surface area contributed by atoms with E-state index >= 15 is 0 Å². The maximum Gasteiger partial charge on any atom is 0.224 e. The Kier molecular flexibility index (Phi) is 5.00. The zero-order chi connectivity index (χ0) is 14.8. The number of rotatable bonds is 3. The molecule has 2 heterocycles. The van der Waals surface area contributed by atoms with E-state index in [0.717, 1.165) is 0 Å². The standard InChI is InChI=1S/C12H22N2O5S/c1-9-7-19-11(6-15)5-14(9)12(16)4-10-8-20(17,18)3-2-13-10/h9-11,13,15H,2-8H2,1H3. The van der Waals surface area contributed by atoms with E-state index in [0.29, 0.717) is 19.7 Å². The maximum atomic E-state index is 12.3. The number of nitrogens with zero attached hydrogens (tertiary/aromatic N) is 1. The summed E-state index contributed by atoms with van der Waals surface area (Å²) in [5.74, 6) is 0.0629. The molecule has 1 amide bonds. The van der Waals surface area contributed by atoms with Crippen LogP contribution in [0.1, 0.15) is 13.3 Å². The fourth-order valence-corrected chi connectivity index (χ4v) is 4.05. The molecule has 20 heavy (non-hydrogen) atoms. The lowest BCUT2D eigenvalue weighted by Crippen LogP contribution is -2.54. The summed E-state index contributed by atoms with van der Waals surface area (Å²) in [6.07, 6.45) is -0.181. The lowest BCUT2D eigenvalue weighted by molar-refractivity contribution is -0.146. The topological polar surface area (TPSA) is 95.9 Å². The molecular formula is C12H22N2O5S. The van der Waals surface area contributed by atoms with Crippen LogP contribution in [0, 0.1) is 0 Å². The van der Waals surface area contributed by atoms with Gasteiger partial charge in [-0.3, -0.25) is 4.79 Å². The van der Waals surface area contributed by atoms with E-state index < -0.39 is 9.84 Å². The van der Waals surface area contributed by atoms with Crippen molar-refractivity contribution in [1.82, 2.24) is 10.2 Å². The highest BCUT2D eigenvalue weighted by atomic mass is 32.2. The van der Waals surface area contributed by atoms with Gasteiger partial charge >= 0.3 is 0 Å². The van der Waals surface area contributed by atoms with Crippen molar-refractivity contribution < 1.29 is 23.1 Å². The molecular weight excluding hydrogens is 284 g/mol. The van der Waals surface area contributed by atoms with Crippen molar-refractivity contribution in [2.24, 2.45) is 0 Å². The molecule has 0 saturated carbocycles. The highest BCUT2D eigenvalue weighted by Crippen LogP contribution is 2.15. The summed E-state index contributed by atoms with van der Waals surface area (Å²) < 4.78 is 28.5. The van der Waals surface area contributed by atoms with Crippen LogP contribution in [0.15, 0.2) is 0 Å². The molecule has 0 bridgehead atoms. The molecule has 2 aliphatic heterocycles. The van der Waals surface area contributed by atoms with Crippen molar-refractivity contribution in [3.63, 3.8) is 0 Å². The minimum Gasteiger partial charge on any atom is -0.394 e. The molecule has 0 radical (unpaired) electrons. The first kappa shape index (κ1) is 15.7. The molecule has 116 valence electrons. The number of nitrogens with one attached hydrogen (secondary N) is 1. The molecule has 2 rings (SSSR count). The van der Waals surface area contributed by atoms with Crippen molar-refractivity contribution in [2.45, 2.75) is 31.5 Å². The second-order valence-corrected chi connectivity index (χ2v) is 7.73. The van der Waals surface area contributed by atoms with Gasteiger partial charge in [-0.25, -0.2) is 8.42 Å². The molecule has 7 nitrogen and oxygen atoms in total. The molecule has 0 aromatic heterocycles. The third-order valence-electron chi connectivity index (χ3n) is 3.75. The fraction of sp³-hybridized carbons (Fsp3) is 0.917. The van der Waals surface area contributed by atoms with Gasteiger partial charge in [0.15, 0.2) is 9.84 Å². The van der Waals surface area contributed by atoms with Crippen LogP contribution < -0.4 is 5.32 Å². The summed E-state index contributed by atoms with van der Waals surface area (Å²) in [6, 6.07) is -0.366. The van der Waals surface area contributed by atoms with Gasteiger partial charge in [0.1, 0.15) is 0 Å². The molecule has 0 aromatic rings. The lowest BCUT2D eigenvalue weighted by Gasteiger charge is -2.38. The van der Waals surface area contributed by atoms with Crippen molar-refractivity contribution in [2.75, 3.05) is 37.8 Å². The van der Waals surface area contributed by atoms with E-state index in [-0.39, 0.29) is 48.6 Å². The van der Waals surface area contributed by atoms with Gasteiger partial charge in [-0.1, -0.05) is 0 Å². The van der Waals surface area contributed by atoms with E-state index in [1.54, 1.807) is 4.90 Å². The number of aliphatic hydroxyl groups is 1. The fourth-order valence-electron chi connectivity index (χ4n) is 2.60. The Bertz CT molecular complexity index is 453. The molecule has 0 spiro atoms. The van der Waals surface area contributed by atoms with E-state index in [4.69, 9.17) is 9.84 Å². The van der Waals surface area contributed by atoms with Crippen molar-refractivity contribution in [3.05, 3.63) is 0 Å². The molecule has 0 aliphatic carbocycles. The smallest absolute Gasteiger partial charge is 0.224 e. The highest BCUT2D eigenvalue weighted by Gasteiger charge is 2.32. The molecule has 8 heteroatoms. The number of hydrogen-bond donors (Lipinski definition) is 2. The maximum absolute atomic E-state index is 12.3. The predicted molar refractivity (Wildman–Crippen MR) is 73.1 cm³/mol. The number of morpholine rings is 1. The Labute approximate surface area is 119 Å². The van der Waals surface area contributed by atoms with Crippen LogP contribution in [-0.2, 0) is 19.4 Å². The highest BCUT2D eigenvalue weighted by molar-refractivity contribution is 7.91. The van der Waals surface area contributed by atoms with Gasteiger partial charge < -0.3 is 20.1 Å². The number of amides is 1. The minimum absolute atomic E-state index is 0.0148. The van der Waals surface area contributed by atoms with Gasteiger partial charge in [0.2, 0.25) is 5.91 Å². The third kappa shape index (κ3) is 3.91. The molecule has 2 N–H and O–H groups in total. The van der Waals surface area contributed by atoms with Crippen LogP contribution in [0.25, 0.3) is 0 Å². The molecule has 3 unspecified atom stereocenters. The summed E-state index contributed by atoms with van der Waals surface area (Å²) >= 11 is 0. The Morgan fingerprint density at radius 1 is 1.50 bits per heavy atom. The summed E-state index contributed by atoms with van der Waals surface area (Å²) in [7, 11) is -3.04. The van der Waals surface area contributed by atoms with Gasteiger partial charge in [-0.15, -0.1) is 0 Å². The van der Waals surface area contributed by atoms with Crippen LogP contribution in [0.2, 0.25) is 0 Å². The number of carbonyl (C=O) groups is 1. The monoisotopic (exact) mass is 306 g/mol. The van der Waals surface area contributed by atoms with Crippen LogP contribution >= 0.6 is 0 Å². The SMILES string of the molecule is CC1COC(CO)CN1C(=O)CC1CS(=O)(=O)CCN1. The van der Waals surface area contributed by atoms with Crippen molar-refractivity contribution >= 4 is 15.7 Å². The average Bonchev–Trinajstić information content (AvgIpc) is 2.38. The average molecular weight is 306 g/mol. The Hall–Kier alpha value is -0.700. The summed E-state index contributed by atoms with van der Waals surface area (Å²) in [4.78, 5) is 14.0. The first-order valence-corrected chi connectivity index (χ1v) is 8.69. The first-order chi connectivity index (χ1) is 9.41. The van der Waals surface area contributed by atoms with Crippen LogP contribution in [0.5, 0.6) is 0 Å². The summed E-state index contributed by atoms with van der Waals surface area (Å²) in [6.45, 7) is 2.92. The van der Waals surface area contributed by atoms with Gasteiger partial charge in [0.25, 0.3) is 0 Å². The van der Waals surface area contributed by atoms with Gasteiger partial charge in [0, 0.05) is 25.6 Å². The predicted octanol–water partition coefficient (Wildman–Crippen LogP) is -1.63. The van der Waals surface area contributed by atoms with Crippen molar-refractivity contribution in [3.8, 4) is 0 Å². The Balaban J connectivity index is 1.93. The zero-order valence-corrected chi connectivity index (χ0v) is 12.4. The van der Waals surface area contributed by atoms with Crippen LogP contribution in [-0.4, -0.2) is 80.3 Å². The summed E-state index contributed by atoms with van der Waals surface area (Å²) in [5.41, 5.74) is 0. The van der Waals surface area contributed by atoms with E-state index in [2.05, 4.69) is 5.32 Å². The lowest BCUT2D eigenvalue weighted by atomic mass is 10.1. The van der Waals surface area contributed by atoms with E-state index in [9.17, 15) is 13.2 Å². The van der Waals surface area contributed by atoms with Crippen LogP contribution in [0.3, 0.4) is 0 Å².